The first-order valence-electron chi connectivity index (χ1n) is 24.0. The van der Waals surface area contributed by atoms with Crippen molar-refractivity contribution in [1.29, 1.82) is 0 Å². The molecule has 0 aliphatic rings. The molecule has 0 aromatic heterocycles. The Labute approximate surface area is 420 Å². The molecule has 0 saturated carbocycles. The number of aliphatic imine (C=N–C) groups is 1. The third-order valence-electron chi connectivity index (χ3n) is 11.2. The number of carboxylic acid groups (broad SMARTS) is 2. The lowest BCUT2D eigenvalue weighted by atomic mass is 9.98. The number of phenols is 1. The first kappa shape index (κ1) is 63.0. The highest BCUT2D eigenvalue weighted by Crippen LogP contribution is 2.14. The molecule has 0 saturated heterocycles. The SMILES string of the molecule is CC[C@H](C)[C@H](NC(=O)[C@H](CCCN=C(N)N)NC(=O)[C@H](Cc1ccc(O)cc1)NC(=O)[C@H](CC(=O)O)NC(=O)[C@@H](NC(=O)CNC(=O)[C@H](C)NC(=O)[C@H](CC(C)C)NC(=O)[C@@H](N)CC(C)C)C(C)C)C(=O)O. The van der Waals surface area contributed by atoms with Crippen molar-refractivity contribution in [3.05, 3.63) is 29.8 Å². The third kappa shape index (κ3) is 23.7. The molecule has 0 bridgehead atoms. The number of nitrogens with zero attached hydrogens (tertiary/aromatic N) is 1. The van der Waals surface area contributed by atoms with E-state index < -0.39 is 132 Å². The van der Waals surface area contributed by atoms with Crippen LogP contribution in [0.2, 0.25) is 0 Å². The zero-order valence-electron chi connectivity index (χ0n) is 42.7. The number of guanidine groups is 1. The molecular formula is C47H78N12O13. The summed E-state index contributed by atoms with van der Waals surface area (Å²) in [5, 5.41) is 49.3. The van der Waals surface area contributed by atoms with Crippen LogP contribution >= 0.6 is 0 Å². The van der Waals surface area contributed by atoms with Crippen molar-refractivity contribution in [1.82, 2.24) is 42.5 Å². The molecule has 9 atom stereocenters. The zero-order chi connectivity index (χ0) is 55.0. The number of rotatable bonds is 32. The number of aliphatic carboxylic acids is 2. The lowest BCUT2D eigenvalue weighted by Gasteiger charge is -2.28. The van der Waals surface area contributed by atoms with Crippen molar-refractivity contribution in [2.45, 2.75) is 156 Å². The van der Waals surface area contributed by atoms with Crippen LogP contribution in [-0.4, -0.2) is 142 Å². The summed E-state index contributed by atoms with van der Waals surface area (Å²) in [5.74, 6) is -11.1. The summed E-state index contributed by atoms with van der Waals surface area (Å²) < 4.78 is 0. The van der Waals surface area contributed by atoms with E-state index in [4.69, 9.17) is 17.2 Å². The Morgan fingerprint density at radius 3 is 1.67 bits per heavy atom. The largest absolute Gasteiger partial charge is 0.508 e. The van der Waals surface area contributed by atoms with Crippen LogP contribution < -0.4 is 59.7 Å². The summed E-state index contributed by atoms with van der Waals surface area (Å²) in [4.78, 5) is 136. The average Bonchev–Trinajstić information content (AvgIpc) is 3.28. The number of carbonyl (C=O) groups excluding carboxylic acids is 8. The minimum Gasteiger partial charge on any atom is -0.508 e. The Kier molecular flexibility index (Phi) is 27.4. The molecule has 0 unspecified atom stereocenters. The number of hydrogen-bond acceptors (Lipinski definition) is 13. The van der Waals surface area contributed by atoms with Gasteiger partial charge in [0.15, 0.2) is 5.96 Å². The van der Waals surface area contributed by atoms with Gasteiger partial charge in [-0.2, -0.15) is 0 Å². The Morgan fingerprint density at radius 2 is 1.14 bits per heavy atom. The van der Waals surface area contributed by atoms with Crippen LogP contribution in [0, 0.1) is 23.7 Å². The van der Waals surface area contributed by atoms with Gasteiger partial charge in [-0.3, -0.25) is 48.1 Å². The average molecular weight is 1020 g/mol. The van der Waals surface area contributed by atoms with Gasteiger partial charge in [-0.15, -0.1) is 0 Å². The second-order valence-corrected chi connectivity index (χ2v) is 19.0. The zero-order valence-corrected chi connectivity index (χ0v) is 42.7. The van der Waals surface area contributed by atoms with Gasteiger partial charge in [0.2, 0.25) is 47.3 Å². The van der Waals surface area contributed by atoms with Crippen LogP contribution in [0.1, 0.15) is 106 Å². The smallest absolute Gasteiger partial charge is 0.326 e. The van der Waals surface area contributed by atoms with Crippen molar-refractivity contribution in [2.75, 3.05) is 13.1 Å². The molecular weight excluding hydrogens is 941 g/mol. The van der Waals surface area contributed by atoms with Crippen LogP contribution in [0.4, 0.5) is 0 Å². The van der Waals surface area contributed by atoms with E-state index in [1.165, 1.54) is 31.2 Å². The predicted octanol–water partition coefficient (Wildman–Crippen LogP) is -1.80. The molecule has 1 rings (SSSR count). The van der Waals surface area contributed by atoms with Gasteiger partial charge in [0.1, 0.15) is 48.0 Å². The first-order valence-corrected chi connectivity index (χ1v) is 24.0. The summed E-state index contributed by atoms with van der Waals surface area (Å²) >= 11 is 0. The van der Waals surface area contributed by atoms with Gasteiger partial charge < -0.3 is 75.1 Å². The Hall–Kier alpha value is -7.05. The molecule has 0 radical (unpaired) electrons. The number of aromatic hydroxyl groups is 1. The number of hydrogen-bond donors (Lipinski definition) is 14. The summed E-state index contributed by atoms with van der Waals surface area (Å²) in [6, 6.07) is -5.10. The van der Waals surface area contributed by atoms with Crippen molar-refractivity contribution in [3.63, 3.8) is 0 Å². The van der Waals surface area contributed by atoms with E-state index in [-0.39, 0.29) is 55.8 Å². The molecule has 0 heterocycles. The molecule has 8 amide bonds. The van der Waals surface area contributed by atoms with Gasteiger partial charge in [-0.25, -0.2) is 4.79 Å². The van der Waals surface area contributed by atoms with Crippen molar-refractivity contribution < 1.29 is 63.3 Å². The second-order valence-electron chi connectivity index (χ2n) is 19.0. The van der Waals surface area contributed by atoms with E-state index >= 15 is 0 Å². The van der Waals surface area contributed by atoms with E-state index in [2.05, 4.69) is 47.5 Å². The van der Waals surface area contributed by atoms with Crippen molar-refractivity contribution in [2.24, 2.45) is 45.9 Å². The minimum absolute atomic E-state index is 0.0219. The van der Waals surface area contributed by atoms with Gasteiger partial charge in [-0.1, -0.05) is 73.9 Å². The topological polar surface area (TPSA) is 418 Å². The molecule has 404 valence electrons. The van der Waals surface area contributed by atoms with Crippen LogP contribution in [0.25, 0.3) is 0 Å². The van der Waals surface area contributed by atoms with Gasteiger partial charge in [0, 0.05) is 13.0 Å². The standard InChI is InChI=1S/C47H78N12O13/c1-10-26(8)38(46(71)72)59-41(66)31(12-11-17-51-47(49)50)54-43(68)33(20-28-13-15-29(60)16-14-28)56-44(69)34(21-36(62)63)57-45(70)37(25(6)7)58-35(61)22-52-39(64)27(9)53-42(67)32(19-24(4)5)55-40(65)30(48)18-23(2)3/h13-16,23-27,30-34,37-38,60H,10-12,17-22,48H2,1-9H3,(H,52,64)(H,53,67)(H,54,68)(H,55,65)(H,56,69)(H,57,70)(H,58,61)(H,59,66)(H,62,63)(H,71,72)(H4,49,50,51)/t26-,27-,30-,31-,32-,33-,34-,37-,38-/m0/s1. The Bertz CT molecular complexity index is 2050. The summed E-state index contributed by atoms with van der Waals surface area (Å²) in [7, 11) is 0. The molecule has 72 heavy (non-hydrogen) atoms. The van der Waals surface area contributed by atoms with Crippen LogP contribution in [0.5, 0.6) is 5.75 Å². The Morgan fingerprint density at radius 1 is 0.611 bits per heavy atom. The molecule has 25 heteroatoms. The van der Waals surface area contributed by atoms with E-state index in [9.17, 15) is 63.3 Å². The number of carboxylic acids is 2. The van der Waals surface area contributed by atoms with Gasteiger partial charge in [0.25, 0.3) is 0 Å². The van der Waals surface area contributed by atoms with Crippen LogP contribution in [0.3, 0.4) is 0 Å². The van der Waals surface area contributed by atoms with Gasteiger partial charge in [0.05, 0.1) is 19.0 Å². The molecule has 1 aromatic rings. The summed E-state index contributed by atoms with van der Waals surface area (Å²) in [5.41, 5.74) is 17.2. The highest BCUT2D eigenvalue weighted by Gasteiger charge is 2.35. The number of carbonyl (C=O) groups is 10. The van der Waals surface area contributed by atoms with E-state index in [1.54, 1.807) is 27.7 Å². The lowest BCUT2D eigenvalue weighted by Crippen LogP contribution is -2.60. The molecule has 17 N–H and O–H groups in total. The normalized spacial score (nSPS) is 14.9. The maximum atomic E-state index is 14.1. The summed E-state index contributed by atoms with van der Waals surface area (Å²) in [6.07, 6.45) is -0.248. The number of nitrogens with two attached hydrogens (primary N) is 3. The second kappa shape index (κ2) is 31.3. The highest BCUT2D eigenvalue weighted by atomic mass is 16.4. The molecule has 0 aliphatic heterocycles. The van der Waals surface area contributed by atoms with Crippen LogP contribution in [-0.2, 0) is 54.4 Å². The maximum Gasteiger partial charge on any atom is 0.326 e. The molecule has 0 spiro atoms. The summed E-state index contributed by atoms with van der Waals surface area (Å²) in [6.45, 7) is 14.6. The quantitative estimate of drug-likeness (QED) is 0.0215. The van der Waals surface area contributed by atoms with Gasteiger partial charge >= 0.3 is 11.9 Å². The third-order valence-corrected chi connectivity index (χ3v) is 11.2. The molecule has 0 aliphatic carbocycles. The fraction of sp³-hybridized carbons (Fsp3) is 0.638. The van der Waals surface area contributed by atoms with E-state index in [0.717, 1.165) is 0 Å². The molecule has 0 fully saturated rings. The fourth-order valence-corrected chi connectivity index (χ4v) is 7.03. The molecule has 25 nitrogen and oxygen atoms in total. The lowest BCUT2D eigenvalue weighted by molar-refractivity contribution is -0.144. The molecule has 1 aromatic carbocycles. The first-order chi connectivity index (χ1) is 33.6. The fourth-order valence-electron chi connectivity index (χ4n) is 7.03. The van der Waals surface area contributed by atoms with Gasteiger partial charge in [-0.05, 0) is 74.0 Å². The Balaban J connectivity index is 3.31. The van der Waals surface area contributed by atoms with Crippen molar-refractivity contribution in [3.8, 4) is 5.75 Å². The number of benzene rings is 1. The van der Waals surface area contributed by atoms with E-state index in [0.29, 0.717) is 18.4 Å². The van der Waals surface area contributed by atoms with Crippen molar-refractivity contribution >= 4 is 65.2 Å². The van der Waals surface area contributed by atoms with Crippen LogP contribution in [0.15, 0.2) is 29.3 Å². The monoisotopic (exact) mass is 1020 g/mol. The van der Waals surface area contributed by atoms with E-state index in [1.807, 2.05) is 27.7 Å². The highest BCUT2D eigenvalue weighted by molar-refractivity contribution is 5.98. The number of nitrogens with one attached hydrogen (secondary N) is 8. The number of amides is 8. The minimum atomic E-state index is -1.85. The number of phenolic OH excluding ortho intramolecular Hbond substituents is 1. The maximum absolute atomic E-state index is 14.1. The predicted molar refractivity (Wildman–Crippen MR) is 265 cm³/mol.